The van der Waals surface area contributed by atoms with Gasteiger partial charge in [0.15, 0.2) is 5.13 Å². The second-order valence-corrected chi connectivity index (χ2v) is 11.1. The molecule has 0 unspecified atom stereocenters. The summed E-state index contributed by atoms with van der Waals surface area (Å²) in [5.41, 5.74) is 6.26. The van der Waals surface area contributed by atoms with Gasteiger partial charge in [-0.25, -0.2) is 14.6 Å². The number of nitrogens with two attached hydrogens (primary N) is 1. The third kappa shape index (κ3) is 10.4. The smallest absolute Gasteiger partial charge is 0.432 e. The number of nitrogens with zero attached hydrogens (tertiary/aromatic N) is 3. The summed E-state index contributed by atoms with van der Waals surface area (Å²) in [6.45, 7) is 1.88. The molecule has 0 spiro atoms. The molecule has 202 valence electrons. The third-order valence-electron chi connectivity index (χ3n) is 4.85. The Bertz CT molecular complexity index is 1140. The number of carbonyl (C=O) groups is 4. The second kappa shape index (κ2) is 13.5. The third-order valence-corrected chi connectivity index (χ3v) is 7.52. The lowest BCUT2D eigenvalue weighted by molar-refractivity contribution is -0.114. The van der Waals surface area contributed by atoms with E-state index < -0.39 is 22.8 Å². The number of aromatic nitrogens is 1. The minimum absolute atomic E-state index is 0.156. The molecule has 1 saturated heterocycles. The molecule has 8 N–H and O–H groups in total. The molecule has 1 aromatic heterocycles. The van der Waals surface area contributed by atoms with E-state index in [0.29, 0.717) is 34.2 Å². The summed E-state index contributed by atoms with van der Waals surface area (Å²) in [6.07, 6.45) is -0.474. The highest BCUT2D eigenvalue weighted by Crippen LogP contribution is 2.40. The Morgan fingerprint density at radius 3 is 2.27 bits per heavy atom. The molecule has 0 aliphatic carbocycles. The van der Waals surface area contributed by atoms with Crippen LogP contribution in [0.3, 0.4) is 0 Å². The van der Waals surface area contributed by atoms with Gasteiger partial charge in [0.05, 0.1) is 23.5 Å². The topological polar surface area (TPSA) is 228 Å². The maximum atomic E-state index is 13.1. The Kier molecular flexibility index (Phi) is 10.8. The van der Waals surface area contributed by atoms with Crippen LogP contribution >= 0.6 is 21.9 Å². The standard InChI is InChI=1S/C20H25N5O6S2.CH3NO2/c1-13(26)23-19-24-16(17(32-19)18(27)25-8-10-33(30,31)11-9-25)7-4-14-2-5-15(6-3-14)21-12-22-20(28)29;2-1(3)4/h2-3,5-6,12,30-31H,4,7-11H2,1H3,(H,21,22)(H,28,29)(H,23,24,26);2H2,(H,3,4). The predicted molar refractivity (Wildman–Crippen MR) is 141 cm³/mol. The fourth-order valence-corrected chi connectivity index (χ4v) is 5.41. The molecule has 1 fully saturated rings. The number of rotatable bonds is 7. The highest BCUT2D eigenvalue weighted by Gasteiger charge is 2.29. The Morgan fingerprint density at radius 2 is 1.73 bits per heavy atom. The zero-order valence-corrected chi connectivity index (χ0v) is 21.4. The van der Waals surface area contributed by atoms with Crippen LogP contribution < -0.4 is 16.4 Å². The van der Waals surface area contributed by atoms with Crippen molar-refractivity contribution in [3.8, 4) is 0 Å². The monoisotopic (exact) mass is 556 g/mol. The molecule has 2 heterocycles. The maximum absolute atomic E-state index is 13.1. The molecule has 3 rings (SSSR count). The molecule has 1 aromatic carbocycles. The Hall–Kier alpha value is -3.73. The van der Waals surface area contributed by atoms with Gasteiger partial charge in [0.1, 0.15) is 4.88 Å². The molecule has 0 radical (unpaired) electrons. The summed E-state index contributed by atoms with van der Waals surface area (Å²) in [5, 5.41) is 21.4. The van der Waals surface area contributed by atoms with Crippen molar-refractivity contribution in [2.45, 2.75) is 19.8 Å². The van der Waals surface area contributed by atoms with Gasteiger partial charge in [-0.3, -0.25) is 18.7 Å². The van der Waals surface area contributed by atoms with Crippen molar-refractivity contribution in [2.24, 2.45) is 10.7 Å². The fourth-order valence-electron chi connectivity index (χ4n) is 3.16. The molecule has 16 heteroatoms. The van der Waals surface area contributed by atoms with E-state index in [9.17, 15) is 23.5 Å². The largest absolute Gasteiger partial charge is 0.465 e. The number of aliphatic imine (C=N–C) groups is 1. The minimum atomic E-state index is -2.62. The Labute approximate surface area is 217 Å². The van der Waals surface area contributed by atoms with Gasteiger partial charge < -0.3 is 31.5 Å². The Morgan fingerprint density at radius 1 is 1.14 bits per heavy atom. The minimum Gasteiger partial charge on any atom is -0.465 e. The van der Waals surface area contributed by atoms with Crippen LogP contribution in [0.1, 0.15) is 27.9 Å². The summed E-state index contributed by atoms with van der Waals surface area (Å²) < 4.78 is 19.6. The molecular weight excluding hydrogens is 528 g/mol. The first-order valence-electron chi connectivity index (χ1n) is 10.8. The van der Waals surface area contributed by atoms with Crippen LogP contribution in [-0.4, -0.2) is 84.1 Å². The van der Waals surface area contributed by atoms with Crippen LogP contribution in [0.25, 0.3) is 0 Å². The van der Waals surface area contributed by atoms with E-state index in [0.717, 1.165) is 23.2 Å². The summed E-state index contributed by atoms with van der Waals surface area (Å²) in [5.74, 6) is -0.201. The van der Waals surface area contributed by atoms with Crippen molar-refractivity contribution in [1.29, 1.82) is 0 Å². The van der Waals surface area contributed by atoms with Gasteiger partial charge in [0.2, 0.25) is 5.91 Å². The van der Waals surface area contributed by atoms with Crippen LogP contribution in [0.5, 0.6) is 0 Å². The lowest BCUT2D eigenvalue weighted by Crippen LogP contribution is -2.42. The molecular formula is C21H28N6O8S2. The lowest BCUT2D eigenvalue weighted by Gasteiger charge is -2.40. The molecule has 37 heavy (non-hydrogen) atoms. The van der Waals surface area contributed by atoms with E-state index in [1.807, 2.05) is 12.1 Å². The average molecular weight is 557 g/mol. The summed E-state index contributed by atoms with van der Waals surface area (Å²) in [6, 6.07) is 7.31. The molecule has 1 aliphatic heterocycles. The number of benzene rings is 1. The van der Waals surface area contributed by atoms with Crippen molar-refractivity contribution in [3.63, 3.8) is 0 Å². The number of primary amides is 1. The van der Waals surface area contributed by atoms with Crippen molar-refractivity contribution in [2.75, 3.05) is 35.2 Å². The Balaban J connectivity index is 0.00000112. The zero-order chi connectivity index (χ0) is 27.6. The predicted octanol–water partition coefficient (Wildman–Crippen LogP) is 2.83. The van der Waals surface area contributed by atoms with Gasteiger partial charge in [-0.05, 0) is 30.5 Å². The molecule has 0 atom stereocenters. The normalized spacial score (nSPS) is 15.3. The number of nitrogens with one attached hydrogen (secondary N) is 2. The van der Waals surface area contributed by atoms with Crippen molar-refractivity contribution in [3.05, 3.63) is 40.4 Å². The fraction of sp³-hybridized carbons (Fsp3) is 0.333. The quantitative estimate of drug-likeness (QED) is 0.195. The van der Waals surface area contributed by atoms with E-state index in [1.165, 1.54) is 6.92 Å². The highest BCUT2D eigenvalue weighted by atomic mass is 32.3. The summed E-state index contributed by atoms with van der Waals surface area (Å²) >= 11 is 1.11. The van der Waals surface area contributed by atoms with Crippen LogP contribution in [0.2, 0.25) is 0 Å². The van der Waals surface area contributed by atoms with E-state index >= 15 is 0 Å². The van der Waals surface area contributed by atoms with Gasteiger partial charge in [-0.15, -0.1) is 0 Å². The van der Waals surface area contributed by atoms with Crippen LogP contribution in [-0.2, 0) is 17.6 Å². The van der Waals surface area contributed by atoms with Crippen molar-refractivity contribution < 1.29 is 38.5 Å². The molecule has 0 bridgehead atoms. The van der Waals surface area contributed by atoms with Gasteiger partial charge in [-0.1, -0.05) is 23.5 Å². The molecule has 14 nitrogen and oxygen atoms in total. The number of carboxylic acid groups (broad SMARTS) is 2. The second-order valence-electron chi connectivity index (χ2n) is 7.70. The van der Waals surface area contributed by atoms with Gasteiger partial charge in [-0.2, -0.15) is 15.6 Å². The highest BCUT2D eigenvalue weighted by molar-refractivity contribution is 8.24. The molecule has 4 amide bonds. The first-order valence-corrected chi connectivity index (χ1v) is 13.5. The number of hydrogen-bond acceptors (Lipinski definition) is 8. The number of amides is 4. The van der Waals surface area contributed by atoms with Gasteiger partial charge >= 0.3 is 12.2 Å². The maximum Gasteiger partial charge on any atom is 0.432 e. The number of aryl methyl sites for hydroxylation is 2. The molecule has 0 saturated carbocycles. The first-order chi connectivity index (χ1) is 17.4. The molecule has 2 aromatic rings. The van der Waals surface area contributed by atoms with Gasteiger partial charge in [0.25, 0.3) is 5.91 Å². The number of anilines is 2. The van der Waals surface area contributed by atoms with Crippen molar-refractivity contribution >= 4 is 63.1 Å². The first kappa shape index (κ1) is 29.5. The molecule has 1 aliphatic rings. The van der Waals surface area contributed by atoms with E-state index in [1.54, 1.807) is 17.0 Å². The number of hydrogen-bond donors (Lipinski definition) is 7. The van der Waals surface area contributed by atoms with E-state index in [4.69, 9.17) is 15.0 Å². The SMILES string of the molecule is CC(=O)Nc1nc(CCc2ccc(NC=NC(=O)O)cc2)c(C(=O)N2CCS(O)(O)CC2)s1.NC(=O)O. The number of carbonyl (C=O) groups excluding carboxylic acids is 2. The van der Waals surface area contributed by atoms with Crippen LogP contribution in [0.4, 0.5) is 20.4 Å². The van der Waals surface area contributed by atoms with E-state index in [-0.39, 0.29) is 36.4 Å². The zero-order valence-electron chi connectivity index (χ0n) is 19.8. The van der Waals surface area contributed by atoms with E-state index in [2.05, 4.69) is 26.3 Å². The average Bonchev–Trinajstić information content (AvgIpc) is 3.19. The summed E-state index contributed by atoms with van der Waals surface area (Å²) in [7, 11) is -2.62. The van der Waals surface area contributed by atoms with Crippen LogP contribution in [0.15, 0.2) is 29.3 Å². The van der Waals surface area contributed by atoms with Gasteiger partial charge in [0, 0.05) is 25.7 Å². The summed E-state index contributed by atoms with van der Waals surface area (Å²) in [4.78, 5) is 53.4. The van der Waals surface area contributed by atoms with Crippen LogP contribution in [0, 0.1) is 0 Å². The van der Waals surface area contributed by atoms with Crippen molar-refractivity contribution in [1.82, 2.24) is 9.88 Å². The number of thiazole rings is 1. The lowest BCUT2D eigenvalue weighted by atomic mass is 10.1.